The fourth-order valence-electron chi connectivity index (χ4n) is 1.48. The SMILES string of the molecule is C=CC(=C)C(=O)c1ccc(-c2ccc(F)cc2)s1. The van der Waals surface area contributed by atoms with Crippen molar-refractivity contribution in [3.05, 3.63) is 71.9 Å². The lowest BCUT2D eigenvalue weighted by Gasteiger charge is -1.97. The molecule has 90 valence electrons. The summed E-state index contributed by atoms with van der Waals surface area (Å²) >= 11 is 1.36. The van der Waals surface area contributed by atoms with Crippen LogP contribution in [0.4, 0.5) is 4.39 Å². The van der Waals surface area contributed by atoms with Gasteiger partial charge in [-0.3, -0.25) is 4.79 Å². The Bertz CT molecular complexity index is 608. The Balaban J connectivity index is 2.30. The van der Waals surface area contributed by atoms with Crippen LogP contribution in [0.1, 0.15) is 9.67 Å². The van der Waals surface area contributed by atoms with Gasteiger partial charge in [0.25, 0.3) is 0 Å². The number of hydrogen-bond acceptors (Lipinski definition) is 2. The predicted octanol–water partition coefficient (Wildman–Crippen LogP) is 4.48. The summed E-state index contributed by atoms with van der Waals surface area (Å²) in [7, 11) is 0. The van der Waals surface area contributed by atoms with Crippen LogP contribution >= 0.6 is 11.3 Å². The van der Waals surface area contributed by atoms with Crippen molar-refractivity contribution < 1.29 is 9.18 Å². The maximum Gasteiger partial charge on any atom is 0.202 e. The summed E-state index contributed by atoms with van der Waals surface area (Å²) < 4.78 is 12.8. The first-order valence-electron chi connectivity index (χ1n) is 5.33. The summed E-state index contributed by atoms with van der Waals surface area (Å²) in [5.74, 6) is -0.394. The van der Waals surface area contributed by atoms with Crippen LogP contribution in [0.15, 0.2) is 61.2 Å². The minimum absolute atomic E-state index is 0.122. The first-order chi connectivity index (χ1) is 8.61. The number of Topliss-reactive ketones (excluding diaryl/α,β-unsaturated/α-hetero) is 1. The Morgan fingerprint density at radius 1 is 1.17 bits per heavy atom. The van der Waals surface area contributed by atoms with Gasteiger partial charge in [0, 0.05) is 10.5 Å². The molecule has 0 N–H and O–H groups in total. The van der Waals surface area contributed by atoms with Crippen LogP contribution < -0.4 is 0 Å². The highest BCUT2D eigenvalue weighted by molar-refractivity contribution is 7.17. The number of thiophene rings is 1. The third kappa shape index (κ3) is 2.46. The molecule has 0 bridgehead atoms. The molecule has 1 heterocycles. The lowest BCUT2D eigenvalue weighted by atomic mass is 10.1. The Hall–Kier alpha value is -2.00. The number of ketones is 1. The third-order valence-electron chi connectivity index (χ3n) is 2.50. The molecule has 0 spiro atoms. The first kappa shape index (κ1) is 12.5. The molecule has 0 atom stereocenters. The number of allylic oxidation sites excluding steroid dienone is 2. The van der Waals surface area contributed by atoms with Crippen molar-refractivity contribution >= 4 is 17.1 Å². The van der Waals surface area contributed by atoms with E-state index < -0.39 is 0 Å². The van der Waals surface area contributed by atoms with E-state index in [-0.39, 0.29) is 11.6 Å². The molecule has 18 heavy (non-hydrogen) atoms. The Morgan fingerprint density at radius 2 is 1.83 bits per heavy atom. The average molecular weight is 258 g/mol. The van der Waals surface area contributed by atoms with Crippen molar-refractivity contribution in [3.8, 4) is 10.4 Å². The normalized spacial score (nSPS) is 10.1. The van der Waals surface area contributed by atoms with Gasteiger partial charge < -0.3 is 0 Å². The molecule has 0 aliphatic heterocycles. The Morgan fingerprint density at radius 3 is 2.44 bits per heavy atom. The highest BCUT2D eigenvalue weighted by atomic mass is 32.1. The zero-order valence-electron chi connectivity index (χ0n) is 9.65. The smallest absolute Gasteiger partial charge is 0.202 e. The zero-order chi connectivity index (χ0) is 13.1. The molecular weight excluding hydrogens is 247 g/mol. The number of halogens is 1. The highest BCUT2D eigenvalue weighted by Crippen LogP contribution is 2.29. The molecule has 2 aromatic rings. The minimum atomic E-state index is -0.272. The third-order valence-corrected chi connectivity index (χ3v) is 3.63. The van der Waals surface area contributed by atoms with Crippen molar-refractivity contribution in [2.45, 2.75) is 0 Å². The molecule has 0 saturated carbocycles. The van der Waals surface area contributed by atoms with Gasteiger partial charge >= 0.3 is 0 Å². The van der Waals surface area contributed by atoms with Crippen LogP contribution in [-0.2, 0) is 0 Å². The van der Waals surface area contributed by atoms with Crippen molar-refractivity contribution in [2.75, 3.05) is 0 Å². The molecule has 0 fully saturated rings. The van der Waals surface area contributed by atoms with Crippen LogP contribution in [0.5, 0.6) is 0 Å². The molecule has 1 aromatic carbocycles. The van der Waals surface area contributed by atoms with E-state index in [0.717, 1.165) is 10.4 Å². The summed E-state index contributed by atoms with van der Waals surface area (Å²) in [4.78, 5) is 13.4. The van der Waals surface area contributed by atoms with Crippen LogP contribution in [0.25, 0.3) is 10.4 Å². The van der Waals surface area contributed by atoms with Crippen LogP contribution in [-0.4, -0.2) is 5.78 Å². The molecule has 3 heteroatoms. The summed E-state index contributed by atoms with van der Waals surface area (Å²) in [5.41, 5.74) is 1.27. The van der Waals surface area contributed by atoms with Crippen LogP contribution in [0.2, 0.25) is 0 Å². The fraction of sp³-hybridized carbons (Fsp3) is 0. The van der Waals surface area contributed by atoms with E-state index in [1.54, 1.807) is 18.2 Å². The lowest BCUT2D eigenvalue weighted by Crippen LogP contribution is -1.96. The molecule has 0 amide bonds. The van der Waals surface area contributed by atoms with E-state index >= 15 is 0 Å². The van der Waals surface area contributed by atoms with Gasteiger partial charge in [-0.15, -0.1) is 11.3 Å². The van der Waals surface area contributed by atoms with E-state index in [9.17, 15) is 9.18 Å². The zero-order valence-corrected chi connectivity index (χ0v) is 10.5. The second-order valence-electron chi connectivity index (χ2n) is 3.73. The largest absolute Gasteiger partial charge is 0.288 e. The van der Waals surface area contributed by atoms with E-state index in [0.29, 0.717) is 10.5 Å². The maximum absolute atomic E-state index is 12.8. The molecule has 0 aliphatic rings. The Labute approximate surface area is 109 Å². The number of rotatable bonds is 4. The molecule has 0 unspecified atom stereocenters. The topological polar surface area (TPSA) is 17.1 Å². The van der Waals surface area contributed by atoms with E-state index in [2.05, 4.69) is 13.2 Å². The Kier molecular flexibility index (Phi) is 3.53. The van der Waals surface area contributed by atoms with Crippen molar-refractivity contribution in [1.82, 2.24) is 0 Å². The molecule has 0 radical (unpaired) electrons. The van der Waals surface area contributed by atoms with Crippen molar-refractivity contribution in [1.29, 1.82) is 0 Å². The monoisotopic (exact) mass is 258 g/mol. The number of hydrogen-bond donors (Lipinski definition) is 0. The van der Waals surface area contributed by atoms with Gasteiger partial charge in [-0.25, -0.2) is 4.39 Å². The second kappa shape index (κ2) is 5.10. The van der Waals surface area contributed by atoms with Gasteiger partial charge in [0.05, 0.1) is 4.88 Å². The summed E-state index contributed by atoms with van der Waals surface area (Å²) in [6.07, 6.45) is 1.44. The highest BCUT2D eigenvalue weighted by Gasteiger charge is 2.11. The first-order valence-corrected chi connectivity index (χ1v) is 6.15. The molecular formula is C15H11FOS. The molecule has 1 aromatic heterocycles. The van der Waals surface area contributed by atoms with E-state index in [4.69, 9.17) is 0 Å². The second-order valence-corrected chi connectivity index (χ2v) is 4.81. The summed E-state index contributed by atoms with van der Waals surface area (Å²) in [5, 5.41) is 0. The molecule has 2 rings (SSSR count). The van der Waals surface area contributed by atoms with E-state index in [1.165, 1.54) is 29.5 Å². The van der Waals surface area contributed by atoms with Gasteiger partial charge in [0.1, 0.15) is 5.82 Å². The van der Waals surface area contributed by atoms with E-state index in [1.807, 2.05) is 6.07 Å². The molecule has 0 aliphatic carbocycles. The van der Waals surface area contributed by atoms with Gasteiger partial charge in [0.2, 0.25) is 5.78 Å². The number of carbonyl (C=O) groups excluding carboxylic acids is 1. The van der Waals surface area contributed by atoms with Gasteiger partial charge in [-0.05, 0) is 29.8 Å². The fourth-order valence-corrected chi connectivity index (χ4v) is 2.47. The van der Waals surface area contributed by atoms with Gasteiger partial charge in [-0.1, -0.05) is 31.4 Å². The predicted molar refractivity (Wildman–Crippen MR) is 73.4 cm³/mol. The molecule has 0 saturated heterocycles. The minimum Gasteiger partial charge on any atom is -0.288 e. The van der Waals surface area contributed by atoms with Gasteiger partial charge in [-0.2, -0.15) is 0 Å². The average Bonchev–Trinajstić information content (AvgIpc) is 2.87. The standard InChI is InChI=1S/C15H11FOS/c1-3-10(2)15(17)14-9-8-13(18-14)11-4-6-12(16)7-5-11/h3-9H,1-2H2. The summed E-state index contributed by atoms with van der Waals surface area (Å²) in [6, 6.07) is 9.79. The molecule has 1 nitrogen and oxygen atoms in total. The quantitative estimate of drug-likeness (QED) is 0.449. The van der Waals surface area contributed by atoms with Gasteiger partial charge in [0.15, 0.2) is 0 Å². The lowest BCUT2D eigenvalue weighted by molar-refractivity contribution is 0.104. The summed E-state index contributed by atoms with van der Waals surface area (Å²) in [6.45, 7) is 7.16. The number of carbonyl (C=O) groups is 1. The maximum atomic E-state index is 12.8. The number of benzene rings is 1. The van der Waals surface area contributed by atoms with Crippen LogP contribution in [0.3, 0.4) is 0 Å². The van der Waals surface area contributed by atoms with Crippen LogP contribution in [0, 0.1) is 5.82 Å². The van der Waals surface area contributed by atoms with Crippen molar-refractivity contribution in [3.63, 3.8) is 0 Å². The van der Waals surface area contributed by atoms with Crippen molar-refractivity contribution in [2.24, 2.45) is 0 Å².